The highest BCUT2D eigenvalue weighted by molar-refractivity contribution is 4.78. The molecule has 0 aromatic rings. The molecule has 1 aliphatic rings. The van der Waals surface area contributed by atoms with Gasteiger partial charge in [-0.05, 0) is 39.3 Å². The topological polar surface area (TPSA) is 24.5 Å². The summed E-state index contributed by atoms with van der Waals surface area (Å²) in [7, 11) is 2.10. The number of likely N-dealkylation sites (tertiary alicyclic amines) is 1. The summed E-state index contributed by atoms with van der Waals surface area (Å²) in [5, 5.41) is 3.24. The predicted octanol–water partition coefficient (Wildman–Crippen LogP) is 1.89. The molecule has 1 fully saturated rings. The van der Waals surface area contributed by atoms with Crippen molar-refractivity contribution >= 4 is 0 Å². The first-order valence-corrected chi connectivity index (χ1v) is 6.45. The van der Waals surface area contributed by atoms with Crippen LogP contribution in [0.1, 0.15) is 19.8 Å². The van der Waals surface area contributed by atoms with Gasteiger partial charge in [0.1, 0.15) is 6.61 Å². The number of piperidine rings is 1. The first-order valence-electron chi connectivity index (χ1n) is 6.45. The third-order valence-corrected chi connectivity index (χ3v) is 3.35. The summed E-state index contributed by atoms with van der Waals surface area (Å²) in [4.78, 5) is 2.30. The molecule has 1 aliphatic heterocycles. The van der Waals surface area contributed by atoms with E-state index in [0.717, 1.165) is 13.1 Å². The molecule has 0 radical (unpaired) electrons. The van der Waals surface area contributed by atoms with Crippen LogP contribution in [0.2, 0.25) is 0 Å². The van der Waals surface area contributed by atoms with E-state index in [0.29, 0.717) is 18.5 Å². The van der Waals surface area contributed by atoms with Crippen LogP contribution in [0.5, 0.6) is 0 Å². The van der Waals surface area contributed by atoms with Gasteiger partial charge in [-0.1, -0.05) is 0 Å². The van der Waals surface area contributed by atoms with Crippen LogP contribution in [0.15, 0.2) is 0 Å². The monoisotopic (exact) mass is 268 g/mol. The van der Waals surface area contributed by atoms with Gasteiger partial charge in [0.25, 0.3) is 0 Å². The van der Waals surface area contributed by atoms with Crippen LogP contribution in [0.25, 0.3) is 0 Å². The van der Waals surface area contributed by atoms with E-state index in [4.69, 9.17) is 0 Å². The van der Waals surface area contributed by atoms with Crippen molar-refractivity contribution in [2.24, 2.45) is 5.92 Å². The van der Waals surface area contributed by atoms with Crippen LogP contribution < -0.4 is 5.32 Å². The number of halogens is 3. The van der Waals surface area contributed by atoms with Crippen molar-refractivity contribution in [3.8, 4) is 0 Å². The molecule has 0 spiro atoms. The van der Waals surface area contributed by atoms with Crippen molar-refractivity contribution in [2.75, 3.05) is 39.9 Å². The van der Waals surface area contributed by atoms with E-state index in [-0.39, 0.29) is 6.61 Å². The van der Waals surface area contributed by atoms with E-state index in [1.54, 1.807) is 0 Å². The SMILES string of the molecule is CC(NCCOCC(F)(F)F)C1CCCN(C)C1. The quantitative estimate of drug-likeness (QED) is 0.744. The number of hydrogen-bond acceptors (Lipinski definition) is 3. The van der Waals surface area contributed by atoms with Crippen LogP contribution >= 0.6 is 0 Å². The van der Waals surface area contributed by atoms with Gasteiger partial charge in [0.2, 0.25) is 0 Å². The Balaban J connectivity index is 2.07. The van der Waals surface area contributed by atoms with Crippen LogP contribution in [0.3, 0.4) is 0 Å². The molecule has 6 heteroatoms. The van der Waals surface area contributed by atoms with Crippen LogP contribution in [-0.4, -0.2) is 57.0 Å². The van der Waals surface area contributed by atoms with E-state index < -0.39 is 12.8 Å². The number of nitrogens with one attached hydrogen (secondary N) is 1. The molecule has 1 N–H and O–H groups in total. The van der Waals surface area contributed by atoms with E-state index in [9.17, 15) is 13.2 Å². The first-order chi connectivity index (χ1) is 8.38. The van der Waals surface area contributed by atoms with Crippen LogP contribution in [0, 0.1) is 5.92 Å². The second kappa shape index (κ2) is 7.31. The molecule has 3 nitrogen and oxygen atoms in total. The maximum atomic E-state index is 11.8. The zero-order valence-electron chi connectivity index (χ0n) is 11.1. The summed E-state index contributed by atoms with van der Waals surface area (Å²) in [6.07, 6.45) is -1.85. The number of nitrogens with zero attached hydrogens (tertiary/aromatic N) is 1. The fraction of sp³-hybridized carbons (Fsp3) is 1.00. The second-order valence-corrected chi connectivity index (χ2v) is 5.08. The molecule has 0 saturated carbocycles. The Bertz CT molecular complexity index is 236. The molecule has 1 saturated heterocycles. The molecular formula is C12H23F3N2O. The highest BCUT2D eigenvalue weighted by Gasteiger charge is 2.27. The summed E-state index contributed by atoms with van der Waals surface area (Å²) >= 11 is 0. The van der Waals surface area contributed by atoms with Gasteiger partial charge in [0.15, 0.2) is 0 Å². The fourth-order valence-electron chi connectivity index (χ4n) is 2.33. The van der Waals surface area contributed by atoms with Gasteiger partial charge in [-0.25, -0.2) is 0 Å². The fourth-order valence-corrected chi connectivity index (χ4v) is 2.33. The van der Waals surface area contributed by atoms with Crippen molar-refractivity contribution in [1.29, 1.82) is 0 Å². The Morgan fingerprint density at radius 1 is 1.44 bits per heavy atom. The van der Waals surface area contributed by atoms with Crippen LogP contribution in [0.4, 0.5) is 13.2 Å². The molecular weight excluding hydrogens is 245 g/mol. The van der Waals surface area contributed by atoms with Gasteiger partial charge >= 0.3 is 6.18 Å². The van der Waals surface area contributed by atoms with Crippen molar-refractivity contribution in [3.63, 3.8) is 0 Å². The molecule has 0 bridgehead atoms. The minimum absolute atomic E-state index is 0.104. The lowest BCUT2D eigenvalue weighted by atomic mass is 9.92. The third kappa shape index (κ3) is 6.56. The number of rotatable bonds is 6. The number of alkyl halides is 3. The Hall–Kier alpha value is -0.330. The van der Waals surface area contributed by atoms with Crippen LogP contribution in [-0.2, 0) is 4.74 Å². The minimum atomic E-state index is -4.22. The average Bonchev–Trinajstić information content (AvgIpc) is 2.26. The molecule has 0 amide bonds. The summed E-state index contributed by atoms with van der Waals surface area (Å²) in [6.45, 7) is 3.70. The summed E-state index contributed by atoms with van der Waals surface area (Å²) < 4.78 is 40.0. The minimum Gasteiger partial charge on any atom is -0.371 e. The average molecular weight is 268 g/mol. The zero-order chi connectivity index (χ0) is 13.6. The largest absolute Gasteiger partial charge is 0.411 e. The lowest BCUT2D eigenvalue weighted by Gasteiger charge is -2.34. The molecule has 1 heterocycles. The maximum Gasteiger partial charge on any atom is 0.411 e. The van der Waals surface area contributed by atoms with Crippen molar-refractivity contribution in [3.05, 3.63) is 0 Å². The Morgan fingerprint density at radius 2 is 2.17 bits per heavy atom. The lowest BCUT2D eigenvalue weighted by Crippen LogP contribution is -2.44. The number of hydrogen-bond donors (Lipinski definition) is 1. The van der Waals surface area contributed by atoms with Gasteiger partial charge < -0.3 is 15.0 Å². The highest BCUT2D eigenvalue weighted by Crippen LogP contribution is 2.18. The van der Waals surface area contributed by atoms with Crippen molar-refractivity contribution in [1.82, 2.24) is 10.2 Å². The van der Waals surface area contributed by atoms with E-state index in [1.807, 2.05) is 0 Å². The summed E-state index contributed by atoms with van der Waals surface area (Å²) in [6, 6.07) is 0.322. The molecule has 18 heavy (non-hydrogen) atoms. The molecule has 2 atom stereocenters. The van der Waals surface area contributed by atoms with E-state index in [1.165, 1.54) is 12.8 Å². The van der Waals surface area contributed by atoms with E-state index >= 15 is 0 Å². The maximum absolute atomic E-state index is 11.8. The smallest absolute Gasteiger partial charge is 0.371 e. The van der Waals surface area contributed by atoms with Gasteiger partial charge in [0, 0.05) is 19.1 Å². The predicted molar refractivity (Wildman–Crippen MR) is 64.6 cm³/mol. The summed E-state index contributed by atoms with van der Waals surface area (Å²) in [5.74, 6) is 0.575. The molecule has 0 aromatic heterocycles. The lowest BCUT2D eigenvalue weighted by molar-refractivity contribution is -0.173. The number of ether oxygens (including phenoxy) is 1. The van der Waals surface area contributed by atoms with Gasteiger partial charge in [-0.2, -0.15) is 13.2 Å². The van der Waals surface area contributed by atoms with Gasteiger partial charge in [0.05, 0.1) is 6.61 Å². The standard InChI is InChI=1S/C12H23F3N2O/c1-10(11-4-3-6-17(2)8-11)16-5-7-18-9-12(13,14)15/h10-11,16H,3-9H2,1-2H3. The molecule has 1 rings (SSSR count). The molecule has 108 valence electrons. The normalized spacial score (nSPS) is 24.2. The van der Waals surface area contributed by atoms with Gasteiger partial charge in [-0.3, -0.25) is 0 Å². The Labute approximate surface area is 107 Å². The molecule has 0 aromatic carbocycles. The molecule has 2 unspecified atom stereocenters. The summed E-state index contributed by atoms with van der Waals surface area (Å²) in [5.41, 5.74) is 0. The third-order valence-electron chi connectivity index (χ3n) is 3.35. The molecule has 0 aliphatic carbocycles. The highest BCUT2D eigenvalue weighted by atomic mass is 19.4. The van der Waals surface area contributed by atoms with Crippen molar-refractivity contribution < 1.29 is 17.9 Å². The first kappa shape index (κ1) is 15.7. The van der Waals surface area contributed by atoms with Crippen molar-refractivity contribution in [2.45, 2.75) is 32.0 Å². The van der Waals surface area contributed by atoms with Gasteiger partial charge in [-0.15, -0.1) is 0 Å². The Kier molecular flexibility index (Phi) is 6.38. The Morgan fingerprint density at radius 3 is 2.78 bits per heavy atom. The van der Waals surface area contributed by atoms with E-state index in [2.05, 4.69) is 28.9 Å². The second-order valence-electron chi connectivity index (χ2n) is 5.08. The zero-order valence-corrected chi connectivity index (χ0v) is 11.1.